The second kappa shape index (κ2) is 11.5. The van der Waals surface area contributed by atoms with E-state index in [-0.39, 0.29) is 11.8 Å². The van der Waals surface area contributed by atoms with Crippen LogP contribution in [0.1, 0.15) is 34.0 Å². The first-order chi connectivity index (χ1) is 15.4. The third kappa shape index (κ3) is 6.97. The lowest BCUT2D eigenvalue weighted by Gasteiger charge is -2.08. The highest BCUT2D eigenvalue weighted by Gasteiger charge is 2.08. The lowest BCUT2D eigenvalue weighted by molar-refractivity contribution is -0.118. The Morgan fingerprint density at radius 1 is 0.969 bits per heavy atom. The SMILES string of the molecule is C/C(=N\NC(=O)CSCc1ccccc1C)c1cccc(NC(=O)c2cccc(Cl)c2)c1. The van der Waals surface area contributed by atoms with Crippen LogP contribution in [0.4, 0.5) is 5.69 Å². The Balaban J connectivity index is 1.54. The maximum absolute atomic E-state index is 12.4. The van der Waals surface area contributed by atoms with Crippen LogP contribution >= 0.6 is 23.4 Å². The molecule has 2 amide bonds. The van der Waals surface area contributed by atoms with Crippen LogP contribution in [0.15, 0.2) is 77.9 Å². The van der Waals surface area contributed by atoms with E-state index in [1.54, 1.807) is 55.1 Å². The highest BCUT2D eigenvalue weighted by atomic mass is 35.5. The van der Waals surface area contributed by atoms with E-state index in [9.17, 15) is 9.59 Å². The summed E-state index contributed by atoms with van der Waals surface area (Å²) in [7, 11) is 0. The van der Waals surface area contributed by atoms with Crippen LogP contribution in [0.3, 0.4) is 0 Å². The summed E-state index contributed by atoms with van der Waals surface area (Å²) >= 11 is 7.50. The lowest BCUT2D eigenvalue weighted by Crippen LogP contribution is -2.21. The van der Waals surface area contributed by atoms with Crippen molar-refractivity contribution in [2.75, 3.05) is 11.1 Å². The Morgan fingerprint density at radius 3 is 2.50 bits per heavy atom. The molecule has 164 valence electrons. The number of amides is 2. The van der Waals surface area contributed by atoms with Crippen LogP contribution in [0.5, 0.6) is 0 Å². The zero-order chi connectivity index (χ0) is 22.9. The molecular weight excluding hydrogens is 442 g/mol. The fraction of sp³-hybridized carbons (Fsp3) is 0.160. The van der Waals surface area contributed by atoms with Gasteiger partial charge in [0.05, 0.1) is 11.5 Å². The van der Waals surface area contributed by atoms with Crippen LogP contribution in [0.2, 0.25) is 5.02 Å². The Bertz CT molecular complexity index is 1150. The standard InChI is InChI=1S/C25H24ClN3O2S/c1-17-7-3-4-8-21(17)15-32-16-24(30)29-28-18(2)19-9-6-12-23(14-19)27-25(31)20-10-5-11-22(26)13-20/h3-14H,15-16H2,1-2H3,(H,27,31)(H,29,30)/b28-18+. The monoisotopic (exact) mass is 465 g/mol. The van der Waals surface area contributed by atoms with Gasteiger partial charge in [-0.2, -0.15) is 5.10 Å². The van der Waals surface area contributed by atoms with Gasteiger partial charge in [-0.1, -0.05) is 54.1 Å². The minimum Gasteiger partial charge on any atom is -0.322 e. The molecule has 0 saturated heterocycles. The molecule has 0 radical (unpaired) electrons. The number of nitrogens with zero attached hydrogens (tertiary/aromatic N) is 1. The topological polar surface area (TPSA) is 70.6 Å². The number of thioether (sulfide) groups is 1. The summed E-state index contributed by atoms with van der Waals surface area (Å²) < 4.78 is 0. The molecule has 0 aliphatic heterocycles. The predicted molar refractivity (Wildman–Crippen MR) is 134 cm³/mol. The highest BCUT2D eigenvalue weighted by Crippen LogP contribution is 2.17. The third-order valence-electron chi connectivity index (χ3n) is 4.73. The van der Waals surface area contributed by atoms with Crippen molar-refractivity contribution < 1.29 is 9.59 Å². The van der Waals surface area contributed by atoms with Crippen molar-refractivity contribution in [2.45, 2.75) is 19.6 Å². The molecule has 0 aliphatic carbocycles. The summed E-state index contributed by atoms with van der Waals surface area (Å²) in [5.74, 6) is 0.685. The summed E-state index contributed by atoms with van der Waals surface area (Å²) in [6, 6.07) is 22.2. The molecule has 7 heteroatoms. The molecule has 3 rings (SSSR count). The average molecular weight is 466 g/mol. The van der Waals surface area contributed by atoms with E-state index in [1.807, 2.05) is 24.3 Å². The smallest absolute Gasteiger partial charge is 0.255 e. The Hall–Kier alpha value is -3.09. The third-order valence-corrected chi connectivity index (χ3v) is 5.94. The fourth-order valence-electron chi connectivity index (χ4n) is 2.92. The number of anilines is 1. The average Bonchev–Trinajstić information content (AvgIpc) is 2.79. The normalized spacial score (nSPS) is 11.2. The molecule has 3 aromatic carbocycles. The molecule has 0 spiro atoms. The van der Waals surface area contributed by atoms with Crippen molar-refractivity contribution in [1.29, 1.82) is 0 Å². The minimum atomic E-state index is -0.252. The second-order valence-electron chi connectivity index (χ2n) is 7.20. The molecule has 32 heavy (non-hydrogen) atoms. The van der Waals surface area contributed by atoms with Gasteiger partial charge in [0.1, 0.15) is 0 Å². The van der Waals surface area contributed by atoms with Crippen LogP contribution in [0, 0.1) is 6.92 Å². The minimum absolute atomic E-state index is 0.159. The molecule has 2 N–H and O–H groups in total. The van der Waals surface area contributed by atoms with Crippen LogP contribution in [-0.2, 0) is 10.5 Å². The van der Waals surface area contributed by atoms with Crippen LogP contribution < -0.4 is 10.7 Å². The number of benzene rings is 3. The number of rotatable bonds is 8. The van der Waals surface area contributed by atoms with E-state index in [1.165, 1.54) is 11.1 Å². The van der Waals surface area contributed by atoms with E-state index in [0.717, 1.165) is 11.3 Å². The van der Waals surface area contributed by atoms with Gasteiger partial charge in [0.25, 0.3) is 5.91 Å². The first-order valence-electron chi connectivity index (χ1n) is 10.0. The van der Waals surface area contributed by atoms with Gasteiger partial charge in [-0.3, -0.25) is 9.59 Å². The van der Waals surface area contributed by atoms with Crippen molar-refractivity contribution >= 4 is 46.6 Å². The number of hydrogen-bond donors (Lipinski definition) is 2. The molecule has 0 bridgehead atoms. The van der Waals surface area contributed by atoms with Crippen molar-refractivity contribution in [3.05, 3.63) is 100 Å². The molecule has 0 atom stereocenters. The molecule has 0 aliphatic rings. The van der Waals surface area contributed by atoms with E-state index in [2.05, 4.69) is 34.9 Å². The molecule has 5 nitrogen and oxygen atoms in total. The van der Waals surface area contributed by atoms with Crippen molar-refractivity contribution in [1.82, 2.24) is 5.43 Å². The maximum Gasteiger partial charge on any atom is 0.255 e. The molecule has 0 aromatic heterocycles. The zero-order valence-corrected chi connectivity index (χ0v) is 19.5. The maximum atomic E-state index is 12.4. The Labute approximate surface area is 197 Å². The Kier molecular flexibility index (Phi) is 8.48. The first-order valence-corrected chi connectivity index (χ1v) is 11.6. The van der Waals surface area contributed by atoms with E-state index in [0.29, 0.717) is 27.7 Å². The lowest BCUT2D eigenvalue weighted by atomic mass is 10.1. The summed E-state index contributed by atoms with van der Waals surface area (Å²) in [6.07, 6.45) is 0. The quantitative estimate of drug-likeness (QED) is 0.332. The number of carbonyl (C=O) groups excluding carboxylic acids is 2. The summed E-state index contributed by atoms with van der Waals surface area (Å²) in [5, 5.41) is 7.55. The zero-order valence-electron chi connectivity index (χ0n) is 17.9. The number of carbonyl (C=O) groups is 2. The van der Waals surface area contributed by atoms with Gasteiger partial charge in [-0.05, 0) is 60.9 Å². The number of hydrogen-bond acceptors (Lipinski definition) is 4. The number of nitrogens with one attached hydrogen (secondary N) is 2. The molecule has 3 aromatic rings. The van der Waals surface area contributed by atoms with Gasteiger partial charge in [0.2, 0.25) is 5.91 Å². The van der Waals surface area contributed by atoms with Gasteiger partial charge in [-0.25, -0.2) is 5.43 Å². The molecule has 0 fully saturated rings. The highest BCUT2D eigenvalue weighted by molar-refractivity contribution is 7.99. The molecule has 0 unspecified atom stereocenters. The molecular formula is C25H24ClN3O2S. The van der Waals surface area contributed by atoms with E-state index in [4.69, 9.17) is 11.6 Å². The summed E-state index contributed by atoms with van der Waals surface area (Å²) in [5.41, 5.74) is 7.58. The Morgan fingerprint density at radius 2 is 1.72 bits per heavy atom. The molecule has 0 saturated carbocycles. The van der Waals surface area contributed by atoms with Crippen molar-refractivity contribution in [2.24, 2.45) is 5.10 Å². The van der Waals surface area contributed by atoms with E-state index < -0.39 is 0 Å². The van der Waals surface area contributed by atoms with E-state index >= 15 is 0 Å². The largest absolute Gasteiger partial charge is 0.322 e. The number of halogens is 1. The van der Waals surface area contributed by atoms with Gasteiger partial charge in [0.15, 0.2) is 0 Å². The van der Waals surface area contributed by atoms with Gasteiger partial charge in [0, 0.05) is 22.0 Å². The van der Waals surface area contributed by atoms with Gasteiger partial charge < -0.3 is 5.32 Å². The first kappa shape index (κ1) is 23.6. The number of hydrazone groups is 1. The second-order valence-corrected chi connectivity index (χ2v) is 8.62. The van der Waals surface area contributed by atoms with Crippen molar-refractivity contribution in [3.8, 4) is 0 Å². The summed E-state index contributed by atoms with van der Waals surface area (Å²) in [4.78, 5) is 24.6. The predicted octanol–water partition coefficient (Wildman–Crippen LogP) is 5.67. The summed E-state index contributed by atoms with van der Waals surface area (Å²) in [6.45, 7) is 3.87. The number of aryl methyl sites for hydroxylation is 1. The van der Waals surface area contributed by atoms with Gasteiger partial charge >= 0.3 is 0 Å². The van der Waals surface area contributed by atoms with Crippen LogP contribution in [0.25, 0.3) is 0 Å². The van der Waals surface area contributed by atoms with Gasteiger partial charge in [-0.15, -0.1) is 11.8 Å². The van der Waals surface area contributed by atoms with Crippen LogP contribution in [-0.4, -0.2) is 23.3 Å². The molecule has 0 heterocycles. The van der Waals surface area contributed by atoms with Crippen molar-refractivity contribution in [3.63, 3.8) is 0 Å². The fourth-order valence-corrected chi connectivity index (χ4v) is 4.01.